The third-order valence-corrected chi connectivity index (χ3v) is 5.37. The molecule has 2 nitrogen and oxygen atoms in total. The second-order valence-corrected chi connectivity index (χ2v) is 6.69. The number of likely N-dealkylation sites (tertiary alicyclic amines) is 1. The third-order valence-electron chi connectivity index (χ3n) is 5.37. The molecule has 0 bridgehead atoms. The van der Waals surface area contributed by atoms with E-state index < -0.39 is 0 Å². The van der Waals surface area contributed by atoms with Gasteiger partial charge in [-0.15, -0.1) is 0 Å². The van der Waals surface area contributed by atoms with Gasteiger partial charge in [0.25, 0.3) is 0 Å². The minimum atomic E-state index is 0.648. The third kappa shape index (κ3) is 2.91. The van der Waals surface area contributed by atoms with Crippen molar-refractivity contribution in [2.45, 2.75) is 64.6 Å². The molecule has 1 atom stereocenters. The summed E-state index contributed by atoms with van der Waals surface area (Å²) in [5.41, 5.74) is 9.88. The Labute approximate surface area is 123 Å². The van der Waals surface area contributed by atoms with Gasteiger partial charge in [0.05, 0.1) is 0 Å². The van der Waals surface area contributed by atoms with Gasteiger partial charge >= 0.3 is 0 Å². The van der Waals surface area contributed by atoms with Crippen molar-refractivity contribution in [2.24, 2.45) is 11.7 Å². The number of nitrogens with zero attached hydrogens (tertiary/aromatic N) is 1. The van der Waals surface area contributed by atoms with E-state index in [1.165, 1.54) is 61.8 Å². The maximum atomic E-state index is 5.73. The molecule has 1 aromatic carbocycles. The van der Waals surface area contributed by atoms with Gasteiger partial charge in [0.15, 0.2) is 0 Å². The van der Waals surface area contributed by atoms with Gasteiger partial charge < -0.3 is 5.73 Å². The Morgan fingerprint density at radius 2 is 1.95 bits per heavy atom. The molecule has 1 saturated carbocycles. The van der Waals surface area contributed by atoms with Gasteiger partial charge in [-0.2, -0.15) is 0 Å². The van der Waals surface area contributed by atoms with Crippen LogP contribution in [0.3, 0.4) is 0 Å². The van der Waals surface area contributed by atoms with E-state index in [1.807, 2.05) is 0 Å². The van der Waals surface area contributed by atoms with Crippen molar-refractivity contribution in [3.63, 3.8) is 0 Å². The maximum absolute atomic E-state index is 5.73. The standard InChI is InChI=1S/C18H28N2/c1-14-11-15(12-19)8-9-17(14)13-20-10-4-7-18(20)16-5-2-3-6-16/h8-9,11,16,18H,2-7,10,12-13,19H2,1H3. The van der Waals surface area contributed by atoms with E-state index in [-0.39, 0.29) is 0 Å². The Balaban J connectivity index is 1.69. The zero-order chi connectivity index (χ0) is 13.9. The molecule has 0 radical (unpaired) electrons. The number of nitrogens with two attached hydrogens (primary N) is 1. The molecule has 1 saturated heterocycles. The lowest BCUT2D eigenvalue weighted by atomic mass is 9.95. The van der Waals surface area contributed by atoms with Crippen LogP contribution in [0.1, 0.15) is 55.2 Å². The van der Waals surface area contributed by atoms with Gasteiger partial charge in [-0.05, 0) is 61.8 Å². The molecular formula is C18H28N2. The van der Waals surface area contributed by atoms with Crippen molar-refractivity contribution < 1.29 is 0 Å². The minimum absolute atomic E-state index is 0.648. The van der Waals surface area contributed by atoms with Crippen LogP contribution in [-0.2, 0) is 13.1 Å². The van der Waals surface area contributed by atoms with Crippen LogP contribution in [0.25, 0.3) is 0 Å². The summed E-state index contributed by atoms with van der Waals surface area (Å²) < 4.78 is 0. The molecule has 3 rings (SSSR count). The lowest BCUT2D eigenvalue weighted by Gasteiger charge is -2.30. The number of aryl methyl sites for hydroxylation is 1. The Hall–Kier alpha value is -0.860. The average molecular weight is 272 g/mol. The zero-order valence-corrected chi connectivity index (χ0v) is 12.8. The number of rotatable bonds is 4. The molecular weight excluding hydrogens is 244 g/mol. The van der Waals surface area contributed by atoms with Crippen LogP contribution < -0.4 is 5.73 Å². The molecule has 1 aliphatic carbocycles. The Morgan fingerprint density at radius 3 is 2.65 bits per heavy atom. The van der Waals surface area contributed by atoms with Crippen molar-refractivity contribution in [1.29, 1.82) is 0 Å². The van der Waals surface area contributed by atoms with Crippen molar-refractivity contribution in [3.8, 4) is 0 Å². The summed E-state index contributed by atoms with van der Waals surface area (Å²) in [7, 11) is 0. The molecule has 0 aromatic heterocycles. The molecule has 110 valence electrons. The van der Waals surface area contributed by atoms with Crippen molar-refractivity contribution in [1.82, 2.24) is 4.90 Å². The van der Waals surface area contributed by atoms with E-state index in [0.717, 1.165) is 18.5 Å². The molecule has 1 aromatic rings. The minimum Gasteiger partial charge on any atom is -0.326 e. The van der Waals surface area contributed by atoms with Crippen LogP contribution >= 0.6 is 0 Å². The zero-order valence-electron chi connectivity index (χ0n) is 12.8. The normalized spacial score (nSPS) is 24.6. The number of hydrogen-bond acceptors (Lipinski definition) is 2. The first-order valence-electron chi connectivity index (χ1n) is 8.30. The summed E-state index contributed by atoms with van der Waals surface area (Å²) >= 11 is 0. The SMILES string of the molecule is Cc1cc(CN)ccc1CN1CCCC1C1CCCC1. The van der Waals surface area contributed by atoms with Gasteiger partial charge in [0.1, 0.15) is 0 Å². The fourth-order valence-electron chi connectivity index (χ4n) is 4.21. The summed E-state index contributed by atoms with van der Waals surface area (Å²) in [5, 5.41) is 0. The maximum Gasteiger partial charge on any atom is 0.0239 e. The fourth-order valence-corrected chi connectivity index (χ4v) is 4.21. The second kappa shape index (κ2) is 6.28. The van der Waals surface area contributed by atoms with Gasteiger partial charge in [-0.1, -0.05) is 31.0 Å². The van der Waals surface area contributed by atoms with E-state index >= 15 is 0 Å². The summed E-state index contributed by atoms with van der Waals surface area (Å²) in [4.78, 5) is 2.75. The molecule has 2 aliphatic rings. The second-order valence-electron chi connectivity index (χ2n) is 6.69. The van der Waals surface area contributed by atoms with E-state index in [4.69, 9.17) is 5.73 Å². The van der Waals surface area contributed by atoms with Crippen molar-refractivity contribution >= 4 is 0 Å². The number of benzene rings is 1. The summed E-state index contributed by atoms with van der Waals surface area (Å²) in [6.07, 6.45) is 8.66. The largest absolute Gasteiger partial charge is 0.326 e. The van der Waals surface area contributed by atoms with E-state index in [0.29, 0.717) is 6.54 Å². The Kier molecular flexibility index (Phi) is 4.42. The lowest BCUT2D eigenvalue weighted by Crippen LogP contribution is -2.34. The molecule has 0 amide bonds. The molecule has 1 unspecified atom stereocenters. The van der Waals surface area contributed by atoms with Crippen molar-refractivity contribution in [2.75, 3.05) is 6.54 Å². The monoisotopic (exact) mass is 272 g/mol. The van der Waals surface area contributed by atoms with Crippen LogP contribution in [0.5, 0.6) is 0 Å². The van der Waals surface area contributed by atoms with Crippen LogP contribution in [0.15, 0.2) is 18.2 Å². The highest BCUT2D eigenvalue weighted by Gasteiger charge is 2.33. The van der Waals surface area contributed by atoms with Gasteiger partial charge in [-0.25, -0.2) is 0 Å². The summed E-state index contributed by atoms with van der Waals surface area (Å²) in [6, 6.07) is 7.60. The van der Waals surface area contributed by atoms with E-state index in [2.05, 4.69) is 30.0 Å². The van der Waals surface area contributed by atoms with Crippen LogP contribution in [-0.4, -0.2) is 17.5 Å². The predicted octanol–water partition coefficient (Wildman–Crippen LogP) is 3.61. The fraction of sp³-hybridized carbons (Fsp3) is 0.667. The molecule has 0 spiro atoms. The average Bonchev–Trinajstić information content (AvgIpc) is 3.11. The molecule has 1 aliphatic heterocycles. The van der Waals surface area contributed by atoms with Crippen LogP contribution in [0.2, 0.25) is 0 Å². The highest BCUT2D eigenvalue weighted by Crippen LogP contribution is 2.36. The molecule has 1 heterocycles. The molecule has 20 heavy (non-hydrogen) atoms. The number of hydrogen-bond donors (Lipinski definition) is 1. The van der Waals surface area contributed by atoms with E-state index in [1.54, 1.807) is 0 Å². The first kappa shape index (κ1) is 14.1. The molecule has 2 N–H and O–H groups in total. The Morgan fingerprint density at radius 1 is 1.15 bits per heavy atom. The highest BCUT2D eigenvalue weighted by atomic mass is 15.2. The first-order valence-corrected chi connectivity index (χ1v) is 8.30. The van der Waals surface area contributed by atoms with Gasteiger partial charge in [0.2, 0.25) is 0 Å². The molecule has 2 fully saturated rings. The van der Waals surface area contributed by atoms with Gasteiger partial charge in [-0.3, -0.25) is 4.90 Å². The predicted molar refractivity (Wildman–Crippen MR) is 84.5 cm³/mol. The quantitative estimate of drug-likeness (QED) is 0.907. The topological polar surface area (TPSA) is 29.3 Å². The smallest absolute Gasteiger partial charge is 0.0239 e. The lowest BCUT2D eigenvalue weighted by molar-refractivity contribution is 0.183. The highest BCUT2D eigenvalue weighted by molar-refractivity contribution is 5.31. The van der Waals surface area contributed by atoms with Crippen LogP contribution in [0.4, 0.5) is 0 Å². The molecule has 2 heteroatoms. The van der Waals surface area contributed by atoms with Crippen LogP contribution in [0, 0.1) is 12.8 Å². The Bertz CT molecular complexity index is 449. The van der Waals surface area contributed by atoms with E-state index in [9.17, 15) is 0 Å². The summed E-state index contributed by atoms with van der Waals surface area (Å²) in [6.45, 7) is 5.31. The first-order chi connectivity index (χ1) is 9.78. The summed E-state index contributed by atoms with van der Waals surface area (Å²) in [5.74, 6) is 0.973. The van der Waals surface area contributed by atoms with Crippen molar-refractivity contribution in [3.05, 3.63) is 34.9 Å². The van der Waals surface area contributed by atoms with Gasteiger partial charge in [0, 0.05) is 19.1 Å².